The van der Waals surface area contributed by atoms with Gasteiger partial charge in [0.25, 0.3) is 0 Å². The predicted octanol–water partition coefficient (Wildman–Crippen LogP) is 3.33. The van der Waals surface area contributed by atoms with Crippen molar-refractivity contribution in [2.45, 2.75) is 5.25 Å². The number of hydrogen-bond acceptors (Lipinski definition) is 4. The molecule has 6 heteroatoms. The predicted molar refractivity (Wildman–Crippen MR) is 71.5 cm³/mol. The van der Waals surface area contributed by atoms with Crippen LogP contribution in [0.1, 0.15) is 10.1 Å². The smallest absolute Gasteiger partial charge is 0.154 e. The number of halogens is 2. The second-order valence-electron chi connectivity index (χ2n) is 2.22. The summed E-state index contributed by atoms with van der Waals surface area (Å²) in [5, 5.41) is 0.526. The molecular weight excluding hydrogens is 418 g/mol. The summed E-state index contributed by atoms with van der Waals surface area (Å²) in [6.07, 6.45) is 1.97. The first-order valence-corrected chi connectivity index (χ1v) is 7.09. The molecule has 0 saturated heterocycles. The zero-order chi connectivity index (χ0) is 8.55. The third-order valence-electron chi connectivity index (χ3n) is 1.43. The molecule has 1 aromatic heterocycles. The summed E-state index contributed by atoms with van der Waals surface area (Å²) in [6.45, 7) is 0.918. The molecule has 0 N–H and O–H groups in total. The maximum absolute atomic E-state index is 4.35. The topological polar surface area (TPSA) is 25.2 Å². The third-order valence-corrected chi connectivity index (χ3v) is 5.54. The van der Waals surface area contributed by atoms with Gasteiger partial charge in [0.05, 0.1) is 11.8 Å². The van der Waals surface area contributed by atoms with Crippen molar-refractivity contribution in [1.29, 1.82) is 0 Å². The van der Waals surface area contributed by atoms with Crippen LogP contribution in [0.4, 0.5) is 0 Å². The van der Waals surface area contributed by atoms with Gasteiger partial charge in [0.15, 0.2) is 3.01 Å². The number of thiazole rings is 1. The minimum absolute atomic E-state index is 0.526. The molecule has 0 fully saturated rings. The highest BCUT2D eigenvalue weighted by Gasteiger charge is 2.21. The Labute approximate surface area is 106 Å². The summed E-state index contributed by atoms with van der Waals surface area (Å²) in [4.78, 5) is 9.92. The monoisotopic (exact) mass is 422 g/mol. The Morgan fingerprint density at radius 3 is 2.83 bits per heavy atom. The zero-order valence-electron chi connectivity index (χ0n) is 5.83. The quantitative estimate of drug-likeness (QED) is 0.650. The number of aliphatic imine (C=N–C) groups is 1. The van der Waals surface area contributed by atoms with Crippen LogP contribution in [0.25, 0.3) is 0 Å². The second kappa shape index (κ2) is 4.09. The molecule has 1 aliphatic heterocycles. The van der Waals surface area contributed by atoms with E-state index in [9.17, 15) is 0 Å². The Kier molecular flexibility index (Phi) is 3.29. The average molecular weight is 422 g/mol. The number of thioether (sulfide) groups is 1. The Bertz CT molecular complexity index is 323. The van der Waals surface area contributed by atoms with Crippen molar-refractivity contribution in [3.05, 3.63) is 14.1 Å². The van der Waals surface area contributed by atoms with Crippen LogP contribution in [-0.2, 0) is 0 Å². The van der Waals surface area contributed by atoms with Crippen molar-refractivity contribution in [2.24, 2.45) is 4.99 Å². The molecule has 0 spiro atoms. The van der Waals surface area contributed by atoms with Crippen LogP contribution in [0.3, 0.4) is 0 Å². The molecule has 12 heavy (non-hydrogen) atoms. The number of rotatable bonds is 1. The van der Waals surface area contributed by atoms with E-state index in [1.165, 1.54) is 7.93 Å². The minimum atomic E-state index is 0.526. The van der Waals surface area contributed by atoms with Gasteiger partial charge in [-0.05, 0) is 45.2 Å². The molecule has 0 radical (unpaired) electrons. The van der Waals surface area contributed by atoms with Crippen molar-refractivity contribution < 1.29 is 0 Å². The summed E-state index contributed by atoms with van der Waals surface area (Å²) >= 11 is 8.13. The minimum Gasteiger partial charge on any atom is -0.271 e. The van der Waals surface area contributed by atoms with Gasteiger partial charge in [-0.25, -0.2) is 4.98 Å². The van der Waals surface area contributed by atoms with E-state index in [-0.39, 0.29) is 0 Å². The first-order chi connectivity index (χ1) is 5.75. The summed E-state index contributed by atoms with van der Waals surface area (Å²) in [5.41, 5.74) is 0. The lowest BCUT2D eigenvalue weighted by Crippen LogP contribution is -1.88. The summed E-state index contributed by atoms with van der Waals surface area (Å²) in [6, 6.07) is 0. The summed E-state index contributed by atoms with van der Waals surface area (Å²) in [5.74, 6) is 0. The molecule has 2 rings (SSSR count). The number of aromatic nitrogens is 1. The highest BCUT2D eigenvalue weighted by molar-refractivity contribution is 14.1. The standard InChI is InChI=1S/C6H4I2N2S2/c7-5-9-1-3(11-5)4-2-10-6(8)12-4/h1,4H,2H2. The van der Waals surface area contributed by atoms with E-state index >= 15 is 0 Å². The Morgan fingerprint density at radius 1 is 1.50 bits per heavy atom. The largest absolute Gasteiger partial charge is 0.271 e. The normalized spacial score (nSPS) is 22.8. The van der Waals surface area contributed by atoms with Gasteiger partial charge in [-0.15, -0.1) is 11.3 Å². The maximum atomic E-state index is 4.35. The molecule has 0 aliphatic carbocycles. The van der Waals surface area contributed by atoms with Crippen molar-refractivity contribution in [1.82, 2.24) is 4.98 Å². The molecule has 64 valence electrons. The van der Waals surface area contributed by atoms with Crippen LogP contribution in [0.2, 0.25) is 0 Å². The van der Waals surface area contributed by atoms with Gasteiger partial charge in [-0.2, -0.15) is 0 Å². The van der Waals surface area contributed by atoms with Crippen LogP contribution >= 0.6 is 68.3 Å². The fourth-order valence-corrected chi connectivity index (χ4v) is 4.54. The van der Waals surface area contributed by atoms with E-state index in [2.05, 4.69) is 55.2 Å². The zero-order valence-corrected chi connectivity index (χ0v) is 11.8. The SMILES string of the molecule is IC1=NCC(c2cnc(I)s2)S1. The van der Waals surface area contributed by atoms with Crippen molar-refractivity contribution in [3.63, 3.8) is 0 Å². The van der Waals surface area contributed by atoms with Gasteiger partial charge in [0.1, 0.15) is 3.05 Å². The first kappa shape index (κ1) is 9.66. The van der Waals surface area contributed by atoms with Crippen molar-refractivity contribution >= 4 is 71.3 Å². The molecule has 0 saturated carbocycles. The molecule has 0 aromatic carbocycles. The van der Waals surface area contributed by atoms with Gasteiger partial charge in [-0.3, -0.25) is 4.99 Å². The summed E-state index contributed by atoms with van der Waals surface area (Å²) in [7, 11) is 0. The molecule has 1 atom stereocenters. The Morgan fingerprint density at radius 2 is 2.33 bits per heavy atom. The molecule has 2 heterocycles. The summed E-state index contributed by atoms with van der Waals surface area (Å²) < 4.78 is 2.28. The third kappa shape index (κ3) is 2.13. The Hall–Kier alpha value is 1.11. The second-order valence-corrected chi connectivity index (χ2v) is 7.98. The highest BCUT2D eigenvalue weighted by Crippen LogP contribution is 2.39. The molecular formula is C6H4I2N2S2. The van der Waals surface area contributed by atoms with Crippen LogP contribution in [0.5, 0.6) is 0 Å². The van der Waals surface area contributed by atoms with Gasteiger partial charge in [-0.1, -0.05) is 11.8 Å². The van der Waals surface area contributed by atoms with Gasteiger partial charge in [0.2, 0.25) is 0 Å². The molecule has 0 bridgehead atoms. The molecule has 1 aliphatic rings. The van der Waals surface area contributed by atoms with Gasteiger partial charge >= 0.3 is 0 Å². The van der Waals surface area contributed by atoms with Crippen LogP contribution in [0.15, 0.2) is 11.2 Å². The number of hydrogen-bond donors (Lipinski definition) is 0. The molecule has 1 aromatic rings. The van der Waals surface area contributed by atoms with Crippen molar-refractivity contribution in [3.8, 4) is 0 Å². The van der Waals surface area contributed by atoms with E-state index in [0.29, 0.717) is 5.25 Å². The molecule has 1 unspecified atom stereocenters. The van der Waals surface area contributed by atoms with Crippen LogP contribution < -0.4 is 0 Å². The Balaban J connectivity index is 2.13. The van der Waals surface area contributed by atoms with Crippen LogP contribution in [-0.4, -0.2) is 14.6 Å². The lowest BCUT2D eigenvalue weighted by atomic mass is 10.4. The lowest BCUT2D eigenvalue weighted by molar-refractivity contribution is 0.983. The van der Waals surface area contributed by atoms with Gasteiger partial charge in [0, 0.05) is 11.1 Å². The average Bonchev–Trinajstić information content (AvgIpc) is 2.58. The van der Waals surface area contributed by atoms with E-state index in [1.54, 1.807) is 11.3 Å². The van der Waals surface area contributed by atoms with Crippen LogP contribution in [0, 0.1) is 3.01 Å². The van der Waals surface area contributed by atoms with Gasteiger partial charge < -0.3 is 0 Å². The number of nitrogens with zero attached hydrogens (tertiary/aromatic N) is 2. The highest BCUT2D eigenvalue weighted by atomic mass is 127. The van der Waals surface area contributed by atoms with E-state index in [1.807, 2.05) is 18.0 Å². The van der Waals surface area contributed by atoms with Crippen molar-refractivity contribution in [2.75, 3.05) is 6.54 Å². The maximum Gasteiger partial charge on any atom is 0.154 e. The molecule has 0 amide bonds. The first-order valence-electron chi connectivity index (χ1n) is 3.23. The fourth-order valence-electron chi connectivity index (χ4n) is 0.908. The van der Waals surface area contributed by atoms with E-state index in [0.717, 1.165) is 9.56 Å². The van der Waals surface area contributed by atoms with E-state index < -0.39 is 0 Å². The fraction of sp³-hybridized carbons (Fsp3) is 0.333. The lowest BCUT2D eigenvalue weighted by Gasteiger charge is -2.00. The van der Waals surface area contributed by atoms with E-state index in [4.69, 9.17) is 0 Å². The molecule has 2 nitrogen and oxygen atoms in total.